The Labute approximate surface area is 97.9 Å². The summed E-state index contributed by atoms with van der Waals surface area (Å²) in [5, 5.41) is 24.4. The number of aliphatic hydroxyl groups excluding tert-OH is 1. The summed E-state index contributed by atoms with van der Waals surface area (Å²) < 4.78 is 4.01. The molecule has 1 atom stereocenters. The van der Waals surface area contributed by atoms with Gasteiger partial charge in [-0.1, -0.05) is 13.5 Å². The van der Waals surface area contributed by atoms with Crippen LogP contribution in [0.1, 0.15) is 20.3 Å². The minimum atomic E-state index is -1.39. The molecular weight excluding hydrogens is 230 g/mol. The van der Waals surface area contributed by atoms with Crippen molar-refractivity contribution in [1.82, 2.24) is 0 Å². The third-order valence-electron chi connectivity index (χ3n) is 1.22. The van der Waals surface area contributed by atoms with Crippen LogP contribution in [-0.4, -0.2) is 34.2 Å². The normalized spacial score (nSPS) is 10.0. The van der Waals surface area contributed by atoms with Crippen LogP contribution in [0.4, 0.5) is 0 Å². The van der Waals surface area contributed by atoms with E-state index in [0.717, 1.165) is 6.92 Å². The van der Waals surface area contributed by atoms with Gasteiger partial charge < -0.3 is 14.9 Å². The highest BCUT2D eigenvalue weighted by Crippen LogP contribution is 1.95. The Balaban J connectivity index is 0. The van der Waals surface area contributed by atoms with Gasteiger partial charge in [0.15, 0.2) is 0 Å². The molecule has 0 aliphatic heterocycles. The molecule has 0 bridgehead atoms. The van der Waals surface area contributed by atoms with Crippen molar-refractivity contribution < 1.29 is 29.3 Å². The Bertz CT molecular complexity index is 352. The molecule has 0 spiro atoms. The Kier molecular flexibility index (Phi) is 9.17. The van der Waals surface area contributed by atoms with Crippen molar-refractivity contribution in [2.24, 2.45) is 0 Å². The smallest absolute Gasteiger partial charge is 0.355 e. The van der Waals surface area contributed by atoms with E-state index in [9.17, 15) is 14.4 Å². The number of aliphatic carboxylic acids is 1. The van der Waals surface area contributed by atoms with Crippen molar-refractivity contribution in [1.29, 1.82) is 5.26 Å². The van der Waals surface area contributed by atoms with Gasteiger partial charge in [0.05, 0.1) is 0 Å². The van der Waals surface area contributed by atoms with Gasteiger partial charge in [-0.3, -0.25) is 4.79 Å². The fourth-order valence-corrected chi connectivity index (χ4v) is 0.284. The second-order valence-corrected chi connectivity index (χ2v) is 2.72. The number of rotatable bonds is 3. The quantitative estimate of drug-likeness (QED) is 0.309. The number of nitriles is 1. The number of carboxylic acids is 1. The summed E-state index contributed by atoms with van der Waals surface area (Å²) >= 11 is 0. The van der Waals surface area contributed by atoms with Gasteiger partial charge >= 0.3 is 17.9 Å². The summed E-state index contributed by atoms with van der Waals surface area (Å²) in [5.74, 6) is -2.98. The molecule has 0 saturated carbocycles. The Hall–Kier alpha value is -2.20. The molecule has 0 aromatic carbocycles. The molecule has 0 aromatic rings. The zero-order valence-electron chi connectivity index (χ0n) is 9.47. The number of nitrogens with zero attached hydrogens (tertiary/aromatic N) is 1. The predicted octanol–water partition coefficient (Wildman–Crippen LogP) is -0.00222. The lowest BCUT2D eigenvalue weighted by molar-refractivity contribution is -0.162. The van der Waals surface area contributed by atoms with Crippen molar-refractivity contribution in [3.8, 4) is 6.07 Å². The van der Waals surface area contributed by atoms with Gasteiger partial charge in [0, 0.05) is 6.42 Å². The summed E-state index contributed by atoms with van der Waals surface area (Å²) in [7, 11) is 0. The molecule has 94 valence electrons. The minimum Gasteiger partial charge on any atom is -0.481 e. The van der Waals surface area contributed by atoms with Gasteiger partial charge in [-0.05, 0) is 6.92 Å². The first-order valence-electron chi connectivity index (χ1n) is 4.51. The second kappa shape index (κ2) is 9.06. The highest BCUT2D eigenvalue weighted by molar-refractivity contribution is 5.99. The van der Waals surface area contributed by atoms with E-state index in [1.54, 1.807) is 6.92 Å². The van der Waals surface area contributed by atoms with Gasteiger partial charge in [-0.25, -0.2) is 9.59 Å². The van der Waals surface area contributed by atoms with Gasteiger partial charge in [-0.2, -0.15) is 5.26 Å². The van der Waals surface area contributed by atoms with Crippen molar-refractivity contribution in [2.75, 3.05) is 0 Å². The molecule has 0 heterocycles. The molecule has 0 radical (unpaired) electrons. The van der Waals surface area contributed by atoms with Crippen LogP contribution in [-0.2, 0) is 19.1 Å². The average Bonchev–Trinajstić information content (AvgIpc) is 2.28. The number of aliphatic hydroxyl groups is 1. The molecule has 7 nitrogen and oxygen atoms in total. The van der Waals surface area contributed by atoms with Crippen LogP contribution in [0.15, 0.2) is 12.2 Å². The summed E-state index contributed by atoms with van der Waals surface area (Å²) in [5.41, 5.74) is -0.482. The number of hydrogen-bond donors (Lipinski definition) is 2. The lowest BCUT2D eigenvalue weighted by Gasteiger charge is -2.01. The van der Waals surface area contributed by atoms with Crippen LogP contribution >= 0.6 is 0 Å². The maximum absolute atomic E-state index is 10.6. The largest absolute Gasteiger partial charge is 0.481 e. The first kappa shape index (κ1) is 17.2. The van der Waals surface area contributed by atoms with E-state index < -0.39 is 29.6 Å². The Morgan fingerprint density at radius 3 is 2.12 bits per heavy atom. The van der Waals surface area contributed by atoms with E-state index in [1.807, 2.05) is 0 Å². The Morgan fingerprint density at radius 2 is 1.88 bits per heavy atom. The molecule has 0 saturated heterocycles. The van der Waals surface area contributed by atoms with Gasteiger partial charge in [0.1, 0.15) is 17.7 Å². The van der Waals surface area contributed by atoms with Crippen LogP contribution in [0.2, 0.25) is 0 Å². The third kappa shape index (κ3) is 10.1. The molecule has 17 heavy (non-hydrogen) atoms. The van der Waals surface area contributed by atoms with E-state index in [0.29, 0.717) is 0 Å². The molecule has 0 aliphatic rings. The fourth-order valence-electron chi connectivity index (χ4n) is 0.284. The molecular formula is C10H13NO6. The van der Waals surface area contributed by atoms with Crippen molar-refractivity contribution in [3.63, 3.8) is 0 Å². The number of esters is 2. The molecule has 0 aromatic heterocycles. The molecule has 1 unspecified atom stereocenters. The molecule has 0 fully saturated rings. The summed E-state index contributed by atoms with van der Waals surface area (Å²) in [6.07, 6.45) is -1.17. The maximum atomic E-state index is 10.6. The zero-order chi connectivity index (χ0) is 14.0. The maximum Gasteiger partial charge on any atom is 0.355 e. The van der Waals surface area contributed by atoms with E-state index >= 15 is 0 Å². The van der Waals surface area contributed by atoms with E-state index in [-0.39, 0.29) is 6.42 Å². The van der Waals surface area contributed by atoms with E-state index in [1.165, 1.54) is 6.07 Å². The molecule has 0 aliphatic carbocycles. The summed E-state index contributed by atoms with van der Waals surface area (Å²) in [6, 6.07) is 1.41. The van der Waals surface area contributed by atoms with Crippen LogP contribution in [0.3, 0.4) is 0 Å². The van der Waals surface area contributed by atoms with Crippen LogP contribution in [0, 0.1) is 11.3 Å². The molecule has 7 heteroatoms. The zero-order valence-corrected chi connectivity index (χ0v) is 9.47. The monoisotopic (exact) mass is 243 g/mol. The lowest BCUT2D eigenvalue weighted by atomic mass is 10.3. The summed E-state index contributed by atoms with van der Waals surface area (Å²) in [6.45, 7) is 5.76. The summed E-state index contributed by atoms with van der Waals surface area (Å²) in [4.78, 5) is 30.5. The molecule has 2 N–H and O–H groups in total. The number of hydrogen-bond acceptors (Lipinski definition) is 6. The number of ether oxygens (including phenoxy) is 1. The second-order valence-electron chi connectivity index (χ2n) is 2.72. The SMILES string of the molecule is C=C(C#N)C(=O)OC(=O)C(C)O.CCC(=O)O. The van der Waals surface area contributed by atoms with Gasteiger partial charge in [0.25, 0.3) is 0 Å². The van der Waals surface area contributed by atoms with Crippen molar-refractivity contribution >= 4 is 17.9 Å². The van der Waals surface area contributed by atoms with E-state index in [2.05, 4.69) is 11.3 Å². The van der Waals surface area contributed by atoms with Crippen molar-refractivity contribution in [3.05, 3.63) is 12.2 Å². The predicted molar refractivity (Wildman–Crippen MR) is 55.5 cm³/mol. The lowest BCUT2D eigenvalue weighted by Crippen LogP contribution is -2.23. The van der Waals surface area contributed by atoms with Crippen LogP contribution in [0.25, 0.3) is 0 Å². The van der Waals surface area contributed by atoms with Crippen molar-refractivity contribution in [2.45, 2.75) is 26.4 Å². The first-order chi connectivity index (χ1) is 7.76. The van der Waals surface area contributed by atoms with Gasteiger partial charge in [-0.15, -0.1) is 0 Å². The molecule has 0 rings (SSSR count). The first-order valence-corrected chi connectivity index (χ1v) is 4.51. The topological polar surface area (TPSA) is 125 Å². The minimum absolute atomic E-state index is 0.222. The fraction of sp³-hybridized carbons (Fsp3) is 0.400. The molecule has 0 amide bonds. The van der Waals surface area contributed by atoms with Crippen LogP contribution in [0.5, 0.6) is 0 Å². The third-order valence-corrected chi connectivity index (χ3v) is 1.22. The highest BCUT2D eigenvalue weighted by atomic mass is 16.6. The van der Waals surface area contributed by atoms with Crippen LogP contribution < -0.4 is 0 Å². The highest BCUT2D eigenvalue weighted by Gasteiger charge is 2.17. The standard InChI is InChI=1S/C7H7NO4.C3H6O2/c1-4(3-8)6(10)12-7(11)5(2)9;1-2-3(4)5/h5,9H,1H2,2H3;2H2,1H3,(H,4,5). The number of carbonyl (C=O) groups is 3. The number of carboxylic acid groups (broad SMARTS) is 1. The number of carbonyl (C=O) groups excluding carboxylic acids is 2. The Morgan fingerprint density at radius 1 is 1.47 bits per heavy atom. The average molecular weight is 243 g/mol. The van der Waals surface area contributed by atoms with E-state index in [4.69, 9.17) is 15.5 Å². The van der Waals surface area contributed by atoms with Gasteiger partial charge in [0.2, 0.25) is 0 Å².